The van der Waals surface area contributed by atoms with Gasteiger partial charge in [0.2, 0.25) is 0 Å². The highest BCUT2D eigenvalue weighted by molar-refractivity contribution is 5.96. The van der Waals surface area contributed by atoms with Gasteiger partial charge >= 0.3 is 0 Å². The molecule has 0 fully saturated rings. The van der Waals surface area contributed by atoms with Crippen LogP contribution in [0, 0.1) is 12.7 Å². The number of hydrogen-bond donors (Lipinski definition) is 2. The Morgan fingerprint density at radius 1 is 1.22 bits per heavy atom. The van der Waals surface area contributed by atoms with E-state index in [1.807, 2.05) is 19.1 Å². The summed E-state index contributed by atoms with van der Waals surface area (Å²) in [6.45, 7) is 1.91. The Hall–Kier alpha value is -2.36. The zero-order valence-electron chi connectivity index (χ0n) is 9.87. The number of hydrogen-bond acceptors (Lipinski definition) is 2. The number of halogens is 1. The van der Waals surface area contributed by atoms with Crippen LogP contribution in [0.4, 0.5) is 10.1 Å². The molecule has 3 nitrogen and oxygen atoms in total. The fourth-order valence-corrected chi connectivity index (χ4v) is 2.19. The number of pyridine rings is 1. The Balaban J connectivity index is 2.32. The molecule has 90 valence electrons. The smallest absolute Gasteiger partial charge is 0.147 e. The van der Waals surface area contributed by atoms with Crippen molar-refractivity contribution in [2.45, 2.75) is 6.92 Å². The van der Waals surface area contributed by atoms with Crippen LogP contribution in [-0.4, -0.2) is 9.97 Å². The second kappa shape index (κ2) is 3.84. The fraction of sp³-hybridized carbons (Fsp3) is 0.0714. The summed E-state index contributed by atoms with van der Waals surface area (Å²) >= 11 is 0. The van der Waals surface area contributed by atoms with E-state index in [1.165, 1.54) is 6.07 Å². The van der Waals surface area contributed by atoms with E-state index in [2.05, 4.69) is 9.97 Å². The number of anilines is 1. The molecule has 0 aliphatic rings. The predicted octanol–water partition coefficient (Wildman–Crippen LogP) is 3.26. The number of para-hydroxylation sites is 1. The maximum atomic E-state index is 13.7. The molecule has 2 aromatic heterocycles. The monoisotopic (exact) mass is 241 g/mol. The molecule has 3 rings (SSSR count). The average molecular weight is 241 g/mol. The molecule has 3 aromatic rings. The first kappa shape index (κ1) is 10.8. The summed E-state index contributed by atoms with van der Waals surface area (Å²) < 4.78 is 13.7. The van der Waals surface area contributed by atoms with E-state index in [4.69, 9.17) is 5.73 Å². The van der Waals surface area contributed by atoms with Crippen molar-refractivity contribution >= 4 is 16.6 Å². The van der Waals surface area contributed by atoms with Gasteiger partial charge in [0, 0.05) is 16.6 Å². The number of benzene rings is 1. The van der Waals surface area contributed by atoms with E-state index in [-0.39, 0.29) is 5.82 Å². The summed E-state index contributed by atoms with van der Waals surface area (Å²) in [4.78, 5) is 7.36. The SMILES string of the molecule is Cc1[nH]c2c(F)cccc2c1-c1ccc(N)cn1. The lowest BCUT2D eigenvalue weighted by molar-refractivity contribution is 0.637. The van der Waals surface area contributed by atoms with Gasteiger partial charge in [0.15, 0.2) is 0 Å². The molecule has 1 aromatic carbocycles. The Kier molecular flexibility index (Phi) is 2.30. The second-order valence-electron chi connectivity index (χ2n) is 4.26. The number of nitrogen functional groups attached to an aromatic ring is 1. The molecule has 0 saturated carbocycles. The third-order valence-electron chi connectivity index (χ3n) is 3.01. The maximum Gasteiger partial charge on any atom is 0.147 e. The second-order valence-corrected chi connectivity index (χ2v) is 4.26. The summed E-state index contributed by atoms with van der Waals surface area (Å²) in [6.07, 6.45) is 1.60. The molecule has 0 unspecified atom stereocenters. The quantitative estimate of drug-likeness (QED) is 0.687. The molecule has 0 spiro atoms. The van der Waals surface area contributed by atoms with Gasteiger partial charge in [-0.05, 0) is 25.1 Å². The molecule has 0 aliphatic carbocycles. The first-order valence-electron chi connectivity index (χ1n) is 5.65. The summed E-state index contributed by atoms with van der Waals surface area (Å²) in [6, 6.07) is 8.66. The van der Waals surface area contributed by atoms with E-state index in [1.54, 1.807) is 18.3 Å². The number of nitrogens with two attached hydrogens (primary N) is 1. The van der Waals surface area contributed by atoms with Crippen molar-refractivity contribution in [3.8, 4) is 11.3 Å². The molecular formula is C14H12FN3. The first-order chi connectivity index (χ1) is 8.66. The van der Waals surface area contributed by atoms with E-state index >= 15 is 0 Å². The summed E-state index contributed by atoms with van der Waals surface area (Å²) in [5.41, 5.74) is 9.36. The first-order valence-corrected chi connectivity index (χ1v) is 5.65. The lowest BCUT2D eigenvalue weighted by Gasteiger charge is -2.01. The normalized spacial score (nSPS) is 11.0. The van der Waals surface area contributed by atoms with E-state index in [0.29, 0.717) is 11.2 Å². The molecule has 0 atom stereocenters. The van der Waals surface area contributed by atoms with Gasteiger partial charge in [-0.15, -0.1) is 0 Å². The van der Waals surface area contributed by atoms with E-state index < -0.39 is 0 Å². The van der Waals surface area contributed by atoms with Gasteiger partial charge in [-0.3, -0.25) is 4.98 Å². The van der Waals surface area contributed by atoms with Crippen molar-refractivity contribution in [2.75, 3.05) is 5.73 Å². The molecule has 0 bridgehead atoms. The van der Waals surface area contributed by atoms with Crippen molar-refractivity contribution in [2.24, 2.45) is 0 Å². The van der Waals surface area contributed by atoms with Crippen molar-refractivity contribution in [3.05, 3.63) is 48.0 Å². The van der Waals surface area contributed by atoms with E-state index in [0.717, 1.165) is 22.3 Å². The Morgan fingerprint density at radius 3 is 2.78 bits per heavy atom. The number of H-pyrrole nitrogens is 1. The van der Waals surface area contributed by atoms with Crippen molar-refractivity contribution in [1.82, 2.24) is 9.97 Å². The highest BCUT2D eigenvalue weighted by atomic mass is 19.1. The maximum absolute atomic E-state index is 13.7. The van der Waals surface area contributed by atoms with Crippen molar-refractivity contribution < 1.29 is 4.39 Å². The molecule has 0 amide bonds. The van der Waals surface area contributed by atoms with Crippen LogP contribution in [0.3, 0.4) is 0 Å². The van der Waals surface area contributed by atoms with Crippen molar-refractivity contribution in [3.63, 3.8) is 0 Å². The number of rotatable bonds is 1. The standard InChI is InChI=1S/C14H12FN3/c1-8-13(12-6-5-9(16)7-17-12)10-3-2-4-11(15)14(10)18-8/h2-7,18H,16H2,1H3. The summed E-state index contributed by atoms with van der Waals surface area (Å²) in [5, 5.41) is 0.838. The van der Waals surface area contributed by atoms with Crippen LogP contribution in [0.15, 0.2) is 36.5 Å². The van der Waals surface area contributed by atoms with Crippen LogP contribution in [0.5, 0.6) is 0 Å². The van der Waals surface area contributed by atoms with Crippen LogP contribution < -0.4 is 5.73 Å². The molecule has 2 heterocycles. The minimum absolute atomic E-state index is 0.253. The topological polar surface area (TPSA) is 54.7 Å². The molecular weight excluding hydrogens is 229 g/mol. The Labute approximate surface area is 103 Å². The predicted molar refractivity (Wildman–Crippen MR) is 70.6 cm³/mol. The number of nitrogens with one attached hydrogen (secondary N) is 1. The molecule has 18 heavy (non-hydrogen) atoms. The minimum Gasteiger partial charge on any atom is -0.397 e. The fourth-order valence-electron chi connectivity index (χ4n) is 2.19. The Morgan fingerprint density at radius 2 is 2.06 bits per heavy atom. The highest BCUT2D eigenvalue weighted by Crippen LogP contribution is 2.32. The van der Waals surface area contributed by atoms with Crippen LogP contribution in [0.25, 0.3) is 22.2 Å². The zero-order valence-corrected chi connectivity index (χ0v) is 9.87. The van der Waals surface area contributed by atoms with E-state index in [9.17, 15) is 4.39 Å². The number of aryl methyl sites for hydroxylation is 1. The largest absolute Gasteiger partial charge is 0.397 e. The summed E-state index contributed by atoms with van der Waals surface area (Å²) in [5.74, 6) is -0.253. The molecule has 0 aliphatic heterocycles. The van der Waals surface area contributed by atoms with Crippen LogP contribution in [0.2, 0.25) is 0 Å². The van der Waals surface area contributed by atoms with Crippen molar-refractivity contribution in [1.29, 1.82) is 0 Å². The minimum atomic E-state index is -0.253. The lowest BCUT2D eigenvalue weighted by atomic mass is 10.1. The Bertz CT molecular complexity index is 714. The molecule has 0 radical (unpaired) electrons. The average Bonchev–Trinajstić information content (AvgIpc) is 2.69. The molecule has 0 saturated heterocycles. The van der Waals surface area contributed by atoms with Gasteiger partial charge in [0.25, 0.3) is 0 Å². The van der Waals surface area contributed by atoms with Crippen LogP contribution in [0.1, 0.15) is 5.69 Å². The lowest BCUT2D eigenvalue weighted by Crippen LogP contribution is -1.88. The van der Waals surface area contributed by atoms with Crippen LogP contribution in [-0.2, 0) is 0 Å². The zero-order chi connectivity index (χ0) is 12.7. The van der Waals surface area contributed by atoms with Gasteiger partial charge in [0.1, 0.15) is 5.82 Å². The van der Waals surface area contributed by atoms with Gasteiger partial charge < -0.3 is 10.7 Å². The van der Waals surface area contributed by atoms with Gasteiger partial charge in [-0.1, -0.05) is 12.1 Å². The number of aromatic nitrogens is 2. The van der Waals surface area contributed by atoms with Gasteiger partial charge in [0.05, 0.1) is 23.1 Å². The number of nitrogens with zero attached hydrogens (tertiary/aromatic N) is 1. The van der Waals surface area contributed by atoms with Gasteiger partial charge in [-0.2, -0.15) is 0 Å². The summed E-state index contributed by atoms with van der Waals surface area (Å²) in [7, 11) is 0. The van der Waals surface area contributed by atoms with Gasteiger partial charge in [-0.25, -0.2) is 4.39 Å². The number of fused-ring (bicyclic) bond motifs is 1. The third kappa shape index (κ3) is 1.54. The van der Waals surface area contributed by atoms with Crippen LogP contribution >= 0.6 is 0 Å². The third-order valence-corrected chi connectivity index (χ3v) is 3.01. The molecule has 4 heteroatoms. The number of aromatic amines is 1. The molecule has 3 N–H and O–H groups in total. The highest BCUT2D eigenvalue weighted by Gasteiger charge is 2.13.